The van der Waals surface area contributed by atoms with Gasteiger partial charge in [0, 0.05) is 31.1 Å². The minimum atomic E-state index is -0.244. The summed E-state index contributed by atoms with van der Waals surface area (Å²) in [6.45, 7) is 0.483. The molecule has 1 atom stereocenters. The van der Waals surface area contributed by atoms with Gasteiger partial charge in [0.1, 0.15) is 0 Å². The molecule has 1 amide bonds. The van der Waals surface area contributed by atoms with E-state index in [4.69, 9.17) is 4.74 Å². The van der Waals surface area contributed by atoms with Crippen molar-refractivity contribution in [2.75, 3.05) is 7.11 Å². The summed E-state index contributed by atoms with van der Waals surface area (Å²) in [5.74, 6) is 0.215. The molecule has 3 rings (SSSR count). The average molecular weight is 340 g/mol. The van der Waals surface area contributed by atoms with Crippen LogP contribution in [-0.2, 0) is 17.8 Å². The number of nitrogens with zero attached hydrogens (tertiary/aromatic N) is 1. The van der Waals surface area contributed by atoms with Crippen LogP contribution in [0.1, 0.15) is 34.3 Å². The Kier molecular flexibility index (Phi) is 5.79. The zero-order valence-electron chi connectivity index (χ0n) is 14.4. The van der Waals surface area contributed by atoms with Crippen molar-refractivity contribution in [3.8, 4) is 0 Å². The number of ether oxygens (including phenoxy) is 1. The number of aromatic nitrogens is 1. The summed E-state index contributed by atoms with van der Waals surface area (Å²) >= 11 is 0. The largest absolute Gasteiger partial charge is 0.393 e. The third-order valence-electron chi connectivity index (χ3n) is 4.74. The molecule has 25 heavy (non-hydrogen) atoms. The van der Waals surface area contributed by atoms with E-state index in [9.17, 15) is 9.90 Å². The van der Waals surface area contributed by atoms with E-state index in [1.165, 1.54) is 0 Å². The molecule has 0 bridgehead atoms. The summed E-state index contributed by atoms with van der Waals surface area (Å²) in [4.78, 5) is 16.7. The standard InChI is InChI=1S/C20H24N2O3/c1-25-13-15-3-2-4-16(9-15)20(24)22-19(17-11-18(23)12-17)10-14-5-7-21-8-6-14/h2-9,17-19,23H,10-13H2,1H3,(H,22,24)/t17?,18?,19-/m0/s1. The molecule has 5 heteroatoms. The fraction of sp³-hybridized carbons (Fsp3) is 0.400. The smallest absolute Gasteiger partial charge is 0.251 e. The van der Waals surface area contributed by atoms with Gasteiger partial charge >= 0.3 is 0 Å². The average Bonchev–Trinajstić information content (AvgIpc) is 2.60. The number of methoxy groups -OCH3 is 1. The number of hydrogen-bond acceptors (Lipinski definition) is 4. The second kappa shape index (κ2) is 8.23. The van der Waals surface area contributed by atoms with Crippen LogP contribution < -0.4 is 5.32 Å². The van der Waals surface area contributed by atoms with Crippen LogP contribution in [0.2, 0.25) is 0 Å². The Balaban J connectivity index is 1.70. The lowest BCUT2D eigenvalue weighted by Crippen LogP contribution is -2.48. The Labute approximate surface area is 148 Å². The highest BCUT2D eigenvalue weighted by molar-refractivity contribution is 5.94. The van der Waals surface area contributed by atoms with Crippen LogP contribution in [0.3, 0.4) is 0 Å². The topological polar surface area (TPSA) is 71.5 Å². The number of aliphatic hydroxyl groups excluding tert-OH is 1. The number of benzene rings is 1. The molecule has 1 saturated carbocycles. The van der Waals surface area contributed by atoms with E-state index in [1.807, 2.05) is 36.4 Å². The van der Waals surface area contributed by atoms with E-state index in [-0.39, 0.29) is 18.1 Å². The first kappa shape index (κ1) is 17.6. The van der Waals surface area contributed by atoms with Gasteiger partial charge in [-0.15, -0.1) is 0 Å². The van der Waals surface area contributed by atoms with Gasteiger partial charge in [0.15, 0.2) is 0 Å². The number of hydrogen-bond donors (Lipinski definition) is 2. The molecule has 2 N–H and O–H groups in total. The highest BCUT2D eigenvalue weighted by atomic mass is 16.5. The van der Waals surface area contributed by atoms with Crippen LogP contribution in [0.4, 0.5) is 0 Å². The first-order valence-corrected chi connectivity index (χ1v) is 8.61. The molecule has 1 aromatic heterocycles. The molecule has 0 saturated heterocycles. The quantitative estimate of drug-likeness (QED) is 0.811. The number of aliphatic hydroxyl groups is 1. The van der Waals surface area contributed by atoms with Crippen molar-refractivity contribution in [2.24, 2.45) is 5.92 Å². The van der Waals surface area contributed by atoms with Crippen LogP contribution in [0.5, 0.6) is 0 Å². The van der Waals surface area contributed by atoms with Gasteiger partial charge in [0.25, 0.3) is 5.91 Å². The van der Waals surface area contributed by atoms with Gasteiger partial charge in [-0.1, -0.05) is 12.1 Å². The van der Waals surface area contributed by atoms with Gasteiger partial charge < -0.3 is 15.2 Å². The van der Waals surface area contributed by atoms with Crippen molar-refractivity contribution in [1.82, 2.24) is 10.3 Å². The van der Waals surface area contributed by atoms with Crippen molar-refractivity contribution in [3.63, 3.8) is 0 Å². The predicted molar refractivity (Wildman–Crippen MR) is 95.1 cm³/mol. The lowest BCUT2D eigenvalue weighted by Gasteiger charge is -2.38. The normalized spacial score (nSPS) is 20.6. The summed E-state index contributed by atoms with van der Waals surface area (Å²) < 4.78 is 5.13. The number of pyridine rings is 1. The van der Waals surface area contributed by atoms with E-state index in [1.54, 1.807) is 19.5 Å². The summed E-state index contributed by atoms with van der Waals surface area (Å²) in [6.07, 6.45) is 5.49. The van der Waals surface area contributed by atoms with Crippen LogP contribution in [0.25, 0.3) is 0 Å². The minimum Gasteiger partial charge on any atom is -0.393 e. The van der Waals surface area contributed by atoms with Crippen molar-refractivity contribution in [1.29, 1.82) is 0 Å². The van der Waals surface area contributed by atoms with Gasteiger partial charge in [-0.05, 0) is 60.6 Å². The lowest BCUT2D eigenvalue weighted by molar-refractivity contribution is 0.0239. The van der Waals surface area contributed by atoms with E-state index in [0.29, 0.717) is 18.1 Å². The zero-order valence-corrected chi connectivity index (χ0v) is 14.4. The fourth-order valence-electron chi connectivity index (χ4n) is 3.29. The maximum absolute atomic E-state index is 12.7. The zero-order chi connectivity index (χ0) is 17.6. The molecule has 132 valence electrons. The summed E-state index contributed by atoms with van der Waals surface area (Å²) in [6, 6.07) is 11.4. The first-order chi connectivity index (χ1) is 12.2. The van der Waals surface area contributed by atoms with Crippen molar-refractivity contribution in [3.05, 3.63) is 65.5 Å². The minimum absolute atomic E-state index is 0.00406. The molecule has 1 heterocycles. The number of carbonyl (C=O) groups is 1. The molecular weight excluding hydrogens is 316 g/mol. The maximum Gasteiger partial charge on any atom is 0.251 e. The molecule has 1 aliphatic rings. The Morgan fingerprint density at radius 3 is 2.72 bits per heavy atom. The van der Waals surface area contributed by atoms with Crippen molar-refractivity contribution in [2.45, 2.75) is 38.0 Å². The Morgan fingerprint density at radius 1 is 1.28 bits per heavy atom. The van der Waals surface area contributed by atoms with Gasteiger partial charge in [0.05, 0.1) is 12.7 Å². The summed E-state index contributed by atoms with van der Waals surface area (Å²) in [7, 11) is 1.64. The molecule has 0 spiro atoms. The highest BCUT2D eigenvalue weighted by Crippen LogP contribution is 2.32. The van der Waals surface area contributed by atoms with E-state index in [2.05, 4.69) is 10.3 Å². The van der Waals surface area contributed by atoms with Crippen LogP contribution in [-0.4, -0.2) is 35.3 Å². The second-order valence-corrected chi connectivity index (χ2v) is 6.66. The van der Waals surface area contributed by atoms with E-state index in [0.717, 1.165) is 30.4 Å². The molecule has 0 unspecified atom stereocenters. The molecule has 0 radical (unpaired) electrons. The van der Waals surface area contributed by atoms with Gasteiger partial charge in [-0.2, -0.15) is 0 Å². The van der Waals surface area contributed by atoms with Crippen LogP contribution in [0, 0.1) is 5.92 Å². The predicted octanol–water partition coefficient (Wildman–Crippen LogP) is 2.34. The van der Waals surface area contributed by atoms with E-state index >= 15 is 0 Å². The number of carbonyl (C=O) groups excluding carboxylic acids is 1. The Bertz CT molecular complexity index is 699. The van der Waals surface area contributed by atoms with Crippen LogP contribution in [0.15, 0.2) is 48.8 Å². The molecule has 5 nitrogen and oxygen atoms in total. The molecule has 1 aromatic carbocycles. The van der Waals surface area contributed by atoms with Crippen molar-refractivity contribution >= 4 is 5.91 Å². The van der Waals surface area contributed by atoms with Gasteiger partial charge in [-0.3, -0.25) is 9.78 Å². The van der Waals surface area contributed by atoms with Crippen LogP contribution >= 0.6 is 0 Å². The third-order valence-corrected chi connectivity index (χ3v) is 4.74. The first-order valence-electron chi connectivity index (χ1n) is 8.61. The molecule has 0 aliphatic heterocycles. The number of amides is 1. The molecule has 2 aromatic rings. The summed E-state index contributed by atoms with van der Waals surface area (Å²) in [5.41, 5.74) is 2.74. The SMILES string of the molecule is COCc1cccc(C(=O)N[C@@H](Cc2ccncc2)C2CC(O)C2)c1. The Morgan fingerprint density at radius 2 is 2.04 bits per heavy atom. The van der Waals surface area contributed by atoms with Crippen molar-refractivity contribution < 1.29 is 14.6 Å². The van der Waals surface area contributed by atoms with E-state index < -0.39 is 0 Å². The van der Waals surface area contributed by atoms with Gasteiger partial charge in [-0.25, -0.2) is 0 Å². The third kappa shape index (κ3) is 4.65. The molecule has 1 aliphatic carbocycles. The lowest BCUT2D eigenvalue weighted by atomic mass is 9.75. The highest BCUT2D eigenvalue weighted by Gasteiger charge is 2.34. The number of rotatable bonds is 7. The molecule has 1 fully saturated rings. The second-order valence-electron chi connectivity index (χ2n) is 6.66. The maximum atomic E-state index is 12.7. The summed E-state index contributed by atoms with van der Waals surface area (Å²) in [5, 5.41) is 12.8. The number of nitrogens with one attached hydrogen (secondary N) is 1. The van der Waals surface area contributed by atoms with Gasteiger partial charge in [0.2, 0.25) is 0 Å². The fourth-order valence-corrected chi connectivity index (χ4v) is 3.29. The Hall–Kier alpha value is -2.24. The molecular formula is C20H24N2O3. The monoisotopic (exact) mass is 340 g/mol.